The lowest BCUT2D eigenvalue weighted by atomic mass is 10.0. The third-order valence-corrected chi connectivity index (χ3v) is 4.68. The predicted octanol–water partition coefficient (Wildman–Crippen LogP) is 4.79. The summed E-state index contributed by atoms with van der Waals surface area (Å²) in [5.41, 5.74) is 4.51. The molecular weight excluding hydrogens is 376 g/mol. The Morgan fingerprint density at radius 1 is 0.867 bits per heavy atom. The number of carbonyl (C=O) groups excluding carboxylic acids is 1. The monoisotopic (exact) mass is 396 g/mol. The number of rotatable bonds is 5. The van der Waals surface area contributed by atoms with E-state index < -0.39 is 5.97 Å². The molecule has 5 nitrogen and oxygen atoms in total. The van der Waals surface area contributed by atoms with Gasteiger partial charge in [0.15, 0.2) is 5.71 Å². The lowest BCUT2D eigenvalue weighted by Crippen LogP contribution is -2.08. The van der Waals surface area contributed by atoms with Crippen LogP contribution in [0.2, 0.25) is 0 Å². The molecule has 0 saturated carbocycles. The maximum Gasteiger partial charge on any atom is 0.364 e. The Bertz CT molecular complexity index is 1140. The first-order valence-corrected chi connectivity index (χ1v) is 9.50. The largest absolute Gasteiger partial charge is 0.497 e. The Labute approximate surface area is 175 Å². The van der Waals surface area contributed by atoms with Crippen LogP contribution in [-0.2, 0) is 9.53 Å². The van der Waals surface area contributed by atoms with Crippen LogP contribution in [0.3, 0.4) is 0 Å². The molecule has 1 aliphatic heterocycles. The van der Waals surface area contributed by atoms with Crippen molar-refractivity contribution in [3.05, 3.63) is 107 Å². The number of esters is 1. The minimum atomic E-state index is -0.517. The average Bonchev–Trinajstić information content (AvgIpc) is 3.16. The minimum Gasteiger partial charge on any atom is -0.497 e. The Hall–Kier alpha value is -3.99. The highest BCUT2D eigenvalue weighted by molar-refractivity contribution is 6.45. The summed E-state index contributed by atoms with van der Waals surface area (Å²) in [6.07, 6.45) is 1.62. The predicted molar refractivity (Wildman–Crippen MR) is 118 cm³/mol. The Kier molecular flexibility index (Phi) is 5.52. The summed E-state index contributed by atoms with van der Waals surface area (Å²) in [4.78, 5) is 12.3. The van der Waals surface area contributed by atoms with E-state index in [4.69, 9.17) is 9.47 Å². The van der Waals surface area contributed by atoms with Crippen molar-refractivity contribution in [2.75, 3.05) is 7.11 Å². The molecule has 0 radical (unpaired) electrons. The fourth-order valence-electron chi connectivity index (χ4n) is 3.03. The van der Waals surface area contributed by atoms with Gasteiger partial charge >= 0.3 is 5.97 Å². The molecule has 30 heavy (non-hydrogen) atoms. The summed E-state index contributed by atoms with van der Waals surface area (Å²) in [7, 11) is 1.62. The zero-order chi connectivity index (χ0) is 20.9. The number of nitrogens with zero attached hydrogens (tertiary/aromatic N) is 2. The molecule has 148 valence electrons. The molecule has 1 aliphatic rings. The molecule has 1 heterocycles. The number of hydrogen-bond acceptors (Lipinski definition) is 5. The van der Waals surface area contributed by atoms with Crippen molar-refractivity contribution in [2.24, 2.45) is 10.2 Å². The van der Waals surface area contributed by atoms with Crippen LogP contribution < -0.4 is 4.74 Å². The molecule has 5 heteroatoms. The number of benzene rings is 3. The smallest absolute Gasteiger partial charge is 0.364 e. The van der Waals surface area contributed by atoms with E-state index in [-0.39, 0.29) is 5.71 Å². The maximum absolute atomic E-state index is 12.3. The van der Waals surface area contributed by atoms with Crippen molar-refractivity contribution in [1.82, 2.24) is 0 Å². The first kappa shape index (κ1) is 19.3. The van der Waals surface area contributed by atoms with Gasteiger partial charge in [0, 0.05) is 22.8 Å². The quantitative estimate of drug-likeness (QED) is 0.354. The highest BCUT2D eigenvalue weighted by atomic mass is 16.5. The van der Waals surface area contributed by atoms with E-state index in [1.165, 1.54) is 0 Å². The molecule has 0 spiro atoms. The molecule has 0 bridgehead atoms. The minimum absolute atomic E-state index is 0.160. The number of cyclic esters (lactones) is 1. The van der Waals surface area contributed by atoms with Gasteiger partial charge in [-0.2, -0.15) is 0 Å². The molecule has 0 amide bonds. The fourth-order valence-corrected chi connectivity index (χ4v) is 3.03. The lowest BCUT2D eigenvalue weighted by Gasteiger charge is -2.07. The molecule has 0 aromatic heterocycles. The highest BCUT2D eigenvalue weighted by Crippen LogP contribution is 2.23. The standard InChI is InChI=1S/C25H20N2O3/c1-17-8-10-18(11-9-17)23-16-22(25(28)30-23)26-27-24(19-6-4-3-5-7-19)20-12-14-21(29-2)15-13-20/h3-16H,1-2H3. The molecule has 3 aromatic carbocycles. The number of hydrogen-bond donors (Lipinski definition) is 0. The van der Waals surface area contributed by atoms with Gasteiger partial charge in [0.25, 0.3) is 0 Å². The van der Waals surface area contributed by atoms with E-state index in [1.54, 1.807) is 13.2 Å². The number of aryl methyl sites for hydroxylation is 1. The molecule has 0 saturated heterocycles. The highest BCUT2D eigenvalue weighted by Gasteiger charge is 2.24. The van der Waals surface area contributed by atoms with Gasteiger partial charge in [-0.15, -0.1) is 10.2 Å². The normalized spacial score (nSPS) is 15.1. The third kappa shape index (κ3) is 4.20. The zero-order valence-corrected chi connectivity index (χ0v) is 16.7. The summed E-state index contributed by atoms with van der Waals surface area (Å²) >= 11 is 0. The van der Waals surface area contributed by atoms with Crippen LogP contribution in [0.5, 0.6) is 5.75 Å². The van der Waals surface area contributed by atoms with Crippen LogP contribution >= 0.6 is 0 Å². The number of ether oxygens (including phenoxy) is 2. The van der Waals surface area contributed by atoms with Gasteiger partial charge in [-0.25, -0.2) is 4.79 Å². The SMILES string of the molecule is COc1ccc(C(=NN=C2C=C(c3ccc(C)cc3)OC2=O)c2ccccc2)cc1. The molecule has 0 fully saturated rings. The van der Waals surface area contributed by atoms with Crippen LogP contribution in [0.25, 0.3) is 5.76 Å². The van der Waals surface area contributed by atoms with E-state index in [1.807, 2.05) is 85.8 Å². The van der Waals surface area contributed by atoms with Crippen molar-refractivity contribution in [2.45, 2.75) is 6.92 Å². The first-order valence-electron chi connectivity index (χ1n) is 9.50. The summed E-state index contributed by atoms with van der Waals surface area (Å²) in [5, 5.41) is 8.63. The van der Waals surface area contributed by atoms with Gasteiger partial charge in [0.1, 0.15) is 17.2 Å². The second-order valence-electron chi connectivity index (χ2n) is 6.79. The molecule has 0 N–H and O–H groups in total. The van der Waals surface area contributed by atoms with E-state index in [0.717, 1.165) is 28.0 Å². The van der Waals surface area contributed by atoms with Gasteiger partial charge in [-0.05, 0) is 31.2 Å². The number of carbonyl (C=O) groups is 1. The molecule has 0 atom stereocenters. The summed E-state index contributed by atoms with van der Waals surface area (Å²) in [6.45, 7) is 2.00. The second kappa shape index (κ2) is 8.57. The topological polar surface area (TPSA) is 60.3 Å². The van der Waals surface area contributed by atoms with Crippen molar-refractivity contribution >= 4 is 23.2 Å². The summed E-state index contributed by atoms with van der Waals surface area (Å²) in [5.74, 6) is 0.707. The van der Waals surface area contributed by atoms with E-state index in [0.29, 0.717) is 11.5 Å². The Morgan fingerprint density at radius 3 is 2.20 bits per heavy atom. The lowest BCUT2D eigenvalue weighted by molar-refractivity contribution is -0.128. The van der Waals surface area contributed by atoms with Crippen LogP contribution in [-0.4, -0.2) is 24.5 Å². The number of methoxy groups -OCH3 is 1. The molecular formula is C25H20N2O3. The van der Waals surface area contributed by atoms with Gasteiger partial charge < -0.3 is 9.47 Å². The van der Waals surface area contributed by atoms with Gasteiger partial charge in [-0.3, -0.25) is 0 Å². The van der Waals surface area contributed by atoms with Gasteiger partial charge in [0.2, 0.25) is 0 Å². The molecule has 0 unspecified atom stereocenters. The summed E-state index contributed by atoms with van der Waals surface area (Å²) in [6, 6.07) is 25.0. The Balaban J connectivity index is 1.71. The first-order chi connectivity index (χ1) is 14.6. The van der Waals surface area contributed by atoms with E-state index in [9.17, 15) is 4.79 Å². The van der Waals surface area contributed by atoms with E-state index in [2.05, 4.69) is 10.2 Å². The Morgan fingerprint density at radius 2 is 1.53 bits per heavy atom. The maximum atomic E-state index is 12.3. The molecule has 3 aromatic rings. The third-order valence-electron chi connectivity index (χ3n) is 4.68. The zero-order valence-electron chi connectivity index (χ0n) is 16.7. The van der Waals surface area contributed by atoms with Crippen molar-refractivity contribution in [3.8, 4) is 5.75 Å². The average molecular weight is 396 g/mol. The van der Waals surface area contributed by atoms with Crippen molar-refractivity contribution in [3.63, 3.8) is 0 Å². The van der Waals surface area contributed by atoms with Gasteiger partial charge in [-0.1, -0.05) is 60.2 Å². The van der Waals surface area contributed by atoms with Crippen LogP contribution in [0.4, 0.5) is 0 Å². The fraction of sp³-hybridized carbons (Fsp3) is 0.0800. The summed E-state index contributed by atoms with van der Waals surface area (Å²) < 4.78 is 10.6. The second-order valence-corrected chi connectivity index (χ2v) is 6.79. The van der Waals surface area contributed by atoms with Crippen molar-refractivity contribution < 1.29 is 14.3 Å². The van der Waals surface area contributed by atoms with E-state index >= 15 is 0 Å². The van der Waals surface area contributed by atoms with Crippen molar-refractivity contribution in [1.29, 1.82) is 0 Å². The molecule has 0 aliphatic carbocycles. The molecule has 4 rings (SSSR count). The van der Waals surface area contributed by atoms with Gasteiger partial charge in [0.05, 0.1) is 7.11 Å². The van der Waals surface area contributed by atoms with Crippen LogP contribution in [0.15, 0.2) is 95.1 Å². The van der Waals surface area contributed by atoms with Crippen LogP contribution in [0, 0.1) is 6.92 Å². The van der Waals surface area contributed by atoms with Crippen LogP contribution in [0.1, 0.15) is 22.3 Å².